The van der Waals surface area contributed by atoms with Crippen molar-refractivity contribution in [2.75, 3.05) is 24.7 Å². The van der Waals surface area contributed by atoms with Gasteiger partial charge >= 0.3 is 6.03 Å². The van der Waals surface area contributed by atoms with Crippen molar-refractivity contribution in [2.24, 2.45) is 4.99 Å². The lowest BCUT2D eigenvalue weighted by Crippen LogP contribution is -2.39. The lowest BCUT2D eigenvalue weighted by molar-refractivity contribution is 0.250. The van der Waals surface area contributed by atoms with Crippen LogP contribution in [0.3, 0.4) is 0 Å². The highest BCUT2D eigenvalue weighted by Gasteiger charge is 2.15. The van der Waals surface area contributed by atoms with Gasteiger partial charge in [0.05, 0.1) is 0 Å². The fourth-order valence-corrected chi connectivity index (χ4v) is 3.76. The van der Waals surface area contributed by atoms with Crippen LogP contribution in [0.15, 0.2) is 29.3 Å². The smallest absolute Gasteiger partial charge is 0.319 e. The van der Waals surface area contributed by atoms with Crippen molar-refractivity contribution in [3.05, 3.63) is 29.8 Å². The highest BCUT2D eigenvalue weighted by Crippen LogP contribution is 2.25. The Balaban J connectivity index is 1.74. The van der Waals surface area contributed by atoms with Crippen LogP contribution in [-0.2, 0) is 6.54 Å². The van der Waals surface area contributed by atoms with Gasteiger partial charge in [0.2, 0.25) is 0 Å². The minimum Gasteiger partial charge on any atom is -0.355 e. The van der Waals surface area contributed by atoms with Gasteiger partial charge in [0.25, 0.3) is 0 Å². The summed E-state index contributed by atoms with van der Waals surface area (Å²) in [6.45, 7) is 5.51. The Labute approximate surface area is 154 Å². The molecule has 1 aromatic rings. The van der Waals surface area contributed by atoms with Crippen molar-refractivity contribution >= 4 is 29.4 Å². The van der Waals surface area contributed by atoms with Crippen molar-refractivity contribution < 1.29 is 4.79 Å². The van der Waals surface area contributed by atoms with E-state index in [-0.39, 0.29) is 12.1 Å². The summed E-state index contributed by atoms with van der Waals surface area (Å²) in [4.78, 5) is 16.0. The summed E-state index contributed by atoms with van der Waals surface area (Å²) in [7, 11) is 1.79. The molecule has 1 unspecified atom stereocenters. The predicted octanol–water partition coefficient (Wildman–Crippen LogP) is 2.78. The minimum absolute atomic E-state index is 0.116. The molecule has 1 fully saturated rings. The molecule has 7 heteroatoms. The molecule has 0 aliphatic carbocycles. The fraction of sp³-hybridized carbons (Fsp3) is 0.556. The first kappa shape index (κ1) is 19.4. The number of guanidine groups is 1. The van der Waals surface area contributed by atoms with E-state index in [0.717, 1.165) is 23.8 Å². The number of rotatable bonds is 6. The summed E-state index contributed by atoms with van der Waals surface area (Å²) >= 11 is 2.03. The second-order valence-electron chi connectivity index (χ2n) is 6.39. The predicted molar refractivity (Wildman–Crippen MR) is 107 cm³/mol. The van der Waals surface area contributed by atoms with Crippen molar-refractivity contribution in [2.45, 2.75) is 44.5 Å². The maximum Gasteiger partial charge on any atom is 0.319 e. The number of amides is 2. The van der Waals surface area contributed by atoms with Crippen LogP contribution in [0.4, 0.5) is 10.5 Å². The van der Waals surface area contributed by atoms with E-state index in [4.69, 9.17) is 0 Å². The molecular weight excluding hydrogens is 334 g/mol. The Hall–Kier alpha value is -1.89. The van der Waals surface area contributed by atoms with Gasteiger partial charge in [0.1, 0.15) is 0 Å². The molecule has 6 nitrogen and oxygen atoms in total. The normalized spacial score (nSPS) is 17.4. The van der Waals surface area contributed by atoms with Crippen LogP contribution in [0.25, 0.3) is 0 Å². The van der Waals surface area contributed by atoms with Crippen LogP contribution in [0.1, 0.15) is 32.3 Å². The first-order valence-electron chi connectivity index (χ1n) is 8.79. The maximum atomic E-state index is 11.7. The van der Waals surface area contributed by atoms with Crippen LogP contribution in [0, 0.1) is 0 Å². The molecule has 25 heavy (non-hydrogen) atoms. The summed E-state index contributed by atoms with van der Waals surface area (Å²) in [6.07, 6.45) is 2.60. The lowest BCUT2D eigenvalue weighted by atomic mass is 10.2. The van der Waals surface area contributed by atoms with Gasteiger partial charge in [0, 0.05) is 37.1 Å². The van der Waals surface area contributed by atoms with Crippen LogP contribution >= 0.6 is 11.8 Å². The Bertz CT molecular complexity index is 567. The second kappa shape index (κ2) is 10.2. The first-order chi connectivity index (χ1) is 12.1. The van der Waals surface area contributed by atoms with Crippen LogP contribution in [-0.4, -0.2) is 42.6 Å². The Morgan fingerprint density at radius 2 is 2.04 bits per heavy atom. The summed E-state index contributed by atoms with van der Waals surface area (Å²) in [5.74, 6) is 2.10. The van der Waals surface area contributed by atoms with Crippen molar-refractivity contribution in [1.29, 1.82) is 0 Å². The number of hydrogen-bond donors (Lipinski definition) is 4. The largest absolute Gasteiger partial charge is 0.355 e. The summed E-state index contributed by atoms with van der Waals surface area (Å²) in [5.41, 5.74) is 1.91. The zero-order chi connectivity index (χ0) is 18.1. The van der Waals surface area contributed by atoms with Gasteiger partial charge in [-0.1, -0.05) is 12.1 Å². The number of nitrogens with zero attached hydrogens (tertiary/aromatic N) is 1. The van der Waals surface area contributed by atoms with Gasteiger partial charge in [-0.3, -0.25) is 4.99 Å². The molecule has 138 valence electrons. The molecule has 4 N–H and O–H groups in total. The molecule has 0 spiro atoms. The highest BCUT2D eigenvalue weighted by molar-refractivity contribution is 8.00. The molecule has 2 amide bonds. The average Bonchev–Trinajstić information content (AvgIpc) is 3.09. The number of nitrogens with one attached hydrogen (secondary N) is 4. The quantitative estimate of drug-likeness (QED) is 0.463. The number of anilines is 1. The molecule has 1 aromatic carbocycles. The Morgan fingerprint density at radius 3 is 2.64 bits per heavy atom. The van der Waals surface area contributed by atoms with Gasteiger partial charge < -0.3 is 21.3 Å². The third-order valence-electron chi connectivity index (χ3n) is 3.84. The number of carbonyl (C=O) groups is 1. The molecule has 0 saturated carbocycles. The third kappa shape index (κ3) is 7.25. The van der Waals surface area contributed by atoms with Gasteiger partial charge in [0.15, 0.2) is 5.96 Å². The van der Waals surface area contributed by atoms with Gasteiger partial charge in [-0.15, -0.1) is 0 Å². The molecule has 1 saturated heterocycles. The van der Waals surface area contributed by atoms with Crippen LogP contribution in [0.5, 0.6) is 0 Å². The zero-order valence-electron chi connectivity index (χ0n) is 15.3. The SMILES string of the molecule is CN=C(NCc1ccc(NC(=O)NC(C)C)cc1)NCC1CCCS1. The molecule has 2 rings (SSSR count). The Kier molecular flexibility index (Phi) is 7.91. The van der Waals surface area contributed by atoms with Gasteiger partial charge in [-0.05, 0) is 50.1 Å². The molecule has 0 bridgehead atoms. The highest BCUT2D eigenvalue weighted by atomic mass is 32.2. The minimum atomic E-state index is -0.185. The second-order valence-corrected chi connectivity index (χ2v) is 7.80. The van der Waals surface area contributed by atoms with Crippen molar-refractivity contribution in [3.63, 3.8) is 0 Å². The Morgan fingerprint density at radius 1 is 1.28 bits per heavy atom. The van der Waals surface area contributed by atoms with E-state index in [1.807, 2.05) is 49.9 Å². The van der Waals surface area contributed by atoms with Crippen LogP contribution < -0.4 is 21.3 Å². The molecule has 0 radical (unpaired) electrons. The summed E-state index contributed by atoms with van der Waals surface area (Å²) in [6, 6.07) is 7.74. The maximum absolute atomic E-state index is 11.7. The monoisotopic (exact) mass is 363 g/mol. The number of urea groups is 1. The fourth-order valence-electron chi connectivity index (χ4n) is 2.56. The van der Waals surface area contributed by atoms with E-state index in [0.29, 0.717) is 11.8 Å². The first-order valence-corrected chi connectivity index (χ1v) is 9.84. The average molecular weight is 364 g/mol. The molecular formula is C18H29N5OS. The van der Waals surface area contributed by atoms with E-state index in [2.05, 4.69) is 26.3 Å². The van der Waals surface area contributed by atoms with E-state index >= 15 is 0 Å². The van der Waals surface area contributed by atoms with Gasteiger partial charge in [-0.2, -0.15) is 11.8 Å². The lowest BCUT2D eigenvalue weighted by Gasteiger charge is -2.15. The molecule has 1 heterocycles. The summed E-state index contributed by atoms with van der Waals surface area (Å²) < 4.78 is 0. The van der Waals surface area contributed by atoms with Crippen molar-refractivity contribution in [1.82, 2.24) is 16.0 Å². The zero-order valence-corrected chi connectivity index (χ0v) is 16.1. The topological polar surface area (TPSA) is 77.5 Å². The molecule has 0 aromatic heterocycles. The van der Waals surface area contributed by atoms with Crippen LogP contribution in [0.2, 0.25) is 0 Å². The molecule has 1 atom stereocenters. The molecule has 1 aliphatic heterocycles. The number of hydrogen-bond acceptors (Lipinski definition) is 3. The number of aliphatic imine (C=N–C) groups is 1. The third-order valence-corrected chi connectivity index (χ3v) is 5.23. The van der Waals surface area contributed by atoms with E-state index in [9.17, 15) is 4.79 Å². The summed E-state index contributed by atoms with van der Waals surface area (Å²) in [5, 5.41) is 13.0. The van der Waals surface area contributed by atoms with Gasteiger partial charge in [-0.25, -0.2) is 4.79 Å². The van der Waals surface area contributed by atoms with E-state index < -0.39 is 0 Å². The van der Waals surface area contributed by atoms with Crippen molar-refractivity contribution in [3.8, 4) is 0 Å². The number of benzene rings is 1. The number of thioether (sulfide) groups is 1. The molecule has 1 aliphatic rings. The van der Waals surface area contributed by atoms with E-state index in [1.165, 1.54) is 18.6 Å². The standard InChI is InChI=1S/C18H29N5OS/c1-13(2)22-18(24)23-15-8-6-14(7-9-15)11-20-17(19-3)21-12-16-5-4-10-25-16/h6-9,13,16H,4-5,10-12H2,1-3H3,(H2,19,20,21)(H2,22,23,24). The van der Waals surface area contributed by atoms with E-state index in [1.54, 1.807) is 7.05 Å². The number of carbonyl (C=O) groups excluding carboxylic acids is 1.